The molecule has 0 aliphatic rings. The van der Waals surface area contributed by atoms with Crippen molar-refractivity contribution in [3.05, 3.63) is 90.0 Å². The first-order valence-electron chi connectivity index (χ1n) is 12.8. The van der Waals surface area contributed by atoms with Gasteiger partial charge in [-0.05, 0) is 48.1 Å². The average molecular weight is 486 g/mol. The van der Waals surface area contributed by atoms with E-state index < -0.39 is 11.9 Å². The van der Waals surface area contributed by atoms with Crippen molar-refractivity contribution in [3.63, 3.8) is 0 Å². The van der Waals surface area contributed by atoms with Gasteiger partial charge in [0.2, 0.25) is 5.91 Å². The first kappa shape index (κ1) is 26.9. The van der Waals surface area contributed by atoms with Crippen LogP contribution in [-0.4, -0.2) is 22.8 Å². The SMILES string of the molecule is CCCCCCC(=O)Nc1ccc(-c2ccc(C(=O)CC(CCc3ccccc3)C(=O)O)cc2)cc1. The Morgan fingerprint density at radius 3 is 2.06 bits per heavy atom. The summed E-state index contributed by atoms with van der Waals surface area (Å²) in [5.41, 5.74) is 4.26. The number of Topliss-reactive ketones (excluding diaryl/α,β-unsaturated/α-hetero) is 1. The van der Waals surface area contributed by atoms with Crippen LogP contribution in [0.5, 0.6) is 0 Å². The topological polar surface area (TPSA) is 83.5 Å². The first-order valence-corrected chi connectivity index (χ1v) is 12.8. The molecule has 0 bridgehead atoms. The molecule has 0 aliphatic carbocycles. The molecule has 188 valence electrons. The number of carboxylic acid groups (broad SMARTS) is 1. The molecular weight excluding hydrogens is 450 g/mol. The second-order valence-electron chi connectivity index (χ2n) is 9.20. The Balaban J connectivity index is 1.54. The molecule has 0 saturated heterocycles. The predicted octanol–water partition coefficient (Wildman–Crippen LogP) is 7.17. The maximum Gasteiger partial charge on any atom is 0.306 e. The van der Waals surface area contributed by atoms with Gasteiger partial charge in [-0.25, -0.2) is 0 Å². The Kier molecular flexibility index (Phi) is 10.4. The van der Waals surface area contributed by atoms with Crippen LogP contribution in [0.3, 0.4) is 0 Å². The lowest BCUT2D eigenvalue weighted by molar-refractivity contribution is -0.141. The molecule has 5 heteroatoms. The zero-order valence-corrected chi connectivity index (χ0v) is 20.9. The van der Waals surface area contributed by atoms with E-state index in [0.717, 1.165) is 48.1 Å². The third-order valence-electron chi connectivity index (χ3n) is 6.37. The van der Waals surface area contributed by atoms with E-state index in [1.54, 1.807) is 12.1 Å². The molecule has 3 rings (SSSR count). The van der Waals surface area contributed by atoms with Gasteiger partial charge in [0.05, 0.1) is 5.92 Å². The number of carboxylic acids is 1. The van der Waals surface area contributed by atoms with Gasteiger partial charge in [-0.3, -0.25) is 14.4 Å². The summed E-state index contributed by atoms with van der Waals surface area (Å²) in [7, 11) is 0. The Hall–Kier alpha value is -3.73. The van der Waals surface area contributed by atoms with Crippen molar-refractivity contribution < 1.29 is 19.5 Å². The van der Waals surface area contributed by atoms with Gasteiger partial charge in [0.25, 0.3) is 0 Å². The fraction of sp³-hybridized carbons (Fsp3) is 0.323. The smallest absolute Gasteiger partial charge is 0.306 e. The van der Waals surface area contributed by atoms with Crippen molar-refractivity contribution in [2.45, 2.75) is 58.3 Å². The highest BCUT2D eigenvalue weighted by Crippen LogP contribution is 2.24. The number of unbranched alkanes of at least 4 members (excludes halogenated alkanes) is 3. The number of ketones is 1. The van der Waals surface area contributed by atoms with Gasteiger partial charge >= 0.3 is 5.97 Å². The molecule has 0 saturated carbocycles. The van der Waals surface area contributed by atoms with Crippen LogP contribution in [0.1, 0.15) is 67.8 Å². The molecule has 2 N–H and O–H groups in total. The summed E-state index contributed by atoms with van der Waals surface area (Å²) in [6, 6.07) is 24.6. The highest BCUT2D eigenvalue weighted by Gasteiger charge is 2.22. The van der Waals surface area contributed by atoms with E-state index in [1.165, 1.54) is 0 Å². The average Bonchev–Trinajstić information content (AvgIpc) is 2.90. The monoisotopic (exact) mass is 485 g/mol. The van der Waals surface area contributed by atoms with E-state index in [4.69, 9.17) is 0 Å². The van der Waals surface area contributed by atoms with Gasteiger partial charge in [-0.15, -0.1) is 0 Å². The van der Waals surface area contributed by atoms with Gasteiger partial charge in [-0.1, -0.05) is 92.9 Å². The lowest BCUT2D eigenvalue weighted by Gasteiger charge is -2.12. The molecule has 1 atom stereocenters. The third kappa shape index (κ3) is 8.49. The number of hydrogen-bond donors (Lipinski definition) is 2. The zero-order chi connectivity index (χ0) is 25.8. The number of nitrogens with one attached hydrogen (secondary N) is 1. The Morgan fingerprint density at radius 1 is 0.806 bits per heavy atom. The summed E-state index contributed by atoms with van der Waals surface area (Å²) >= 11 is 0. The van der Waals surface area contributed by atoms with E-state index in [0.29, 0.717) is 24.8 Å². The molecule has 0 aromatic heterocycles. The Bertz CT molecular complexity index is 1120. The molecule has 1 unspecified atom stereocenters. The van der Waals surface area contributed by atoms with Crippen molar-refractivity contribution in [3.8, 4) is 11.1 Å². The molecule has 1 amide bonds. The molecule has 5 nitrogen and oxygen atoms in total. The lowest BCUT2D eigenvalue weighted by Crippen LogP contribution is -2.19. The minimum absolute atomic E-state index is 0.0195. The standard InChI is InChI=1S/C31H35NO4/c1-2-3-4-8-11-30(34)32-28-20-18-25(19-21-28)24-14-16-26(17-15-24)29(33)22-27(31(35)36)13-12-23-9-6-5-7-10-23/h5-7,9-10,14-21,27H,2-4,8,11-13,22H2,1H3,(H,32,34)(H,35,36). The number of aliphatic carboxylic acids is 1. The molecule has 0 radical (unpaired) electrons. The maximum atomic E-state index is 12.8. The van der Waals surface area contributed by atoms with Gasteiger partial charge in [0.1, 0.15) is 0 Å². The van der Waals surface area contributed by atoms with E-state index in [1.807, 2.05) is 66.7 Å². The van der Waals surface area contributed by atoms with Gasteiger partial charge < -0.3 is 10.4 Å². The van der Waals surface area contributed by atoms with E-state index in [-0.39, 0.29) is 18.1 Å². The molecule has 0 aliphatic heterocycles. The lowest BCUT2D eigenvalue weighted by atomic mass is 9.92. The van der Waals surface area contributed by atoms with Crippen LogP contribution in [-0.2, 0) is 16.0 Å². The second kappa shape index (κ2) is 14.0. The fourth-order valence-corrected chi connectivity index (χ4v) is 4.17. The highest BCUT2D eigenvalue weighted by atomic mass is 16.4. The molecule has 0 spiro atoms. The fourth-order valence-electron chi connectivity index (χ4n) is 4.17. The predicted molar refractivity (Wildman–Crippen MR) is 144 cm³/mol. The van der Waals surface area contributed by atoms with Crippen LogP contribution >= 0.6 is 0 Å². The molecule has 3 aromatic rings. The number of hydrogen-bond acceptors (Lipinski definition) is 3. The summed E-state index contributed by atoms with van der Waals surface area (Å²) in [5, 5.41) is 12.5. The number of carbonyl (C=O) groups excluding carboxylic acids is 2. The van der Waals surface area contributed by atoms with Crippen LogP contribution in [0, 0.1) is 5.92 Å². The van der Waals surface area contributed by atoms with Gasteiger partial charge in [0.15, 0.2) is 5.78 Å². The second-order valence-corrected chi connectivity index (χ2v) is 9.20. The Labute approximate surface area is 213 Å². The minimum atomic E-state index is -0.941. The van der Waals surface area contributed by atoms with Crippen molar-refractivity contribution in [1.82, 2.24) is 0 Å². The molecular formula is C31H35NO4. The van der Waals surface area contributed by atoms with Crippen molar-refractivity contribution in [2.24, 2.45) is 5.92 Å². The third-order valence-corrected chi connectivity index (χ3v) is 6.37. The summed E-state index contributed by atoms with van der Waals surface area (Å²) in [6.45, 7) is 2.15. The summed E-state index contributed by atoms with van der Waals surface area (Å²) in [4.78, 5) is 36.6. The first-order chi connectivity index (χ1) is 17.5. The van der Waals surface area contributed by atoms with Crippen molar-refractivity contribution in [2.75, 3.05) is 5.32 Å². The summed E-state index contributed by atoms with van der Waals surface area (Å²) in [5.74, 6) is -1.79. The number of amides is 1. The number of carbonyl (C=O) groups is 3. The summed E-state index contributed by atoms with van der Waals surface area (Å²) < 4.78 is 0. The van der Waals surface area contributed by atoms with Crippen LogP contribution in [0.4, 0.5) is 5.69 Å². The number of anilines is 1. The van der Waals surface area contributed by atoms with Crippen LogP contribution < -0.4 is 5.32 Å². The van der Waals surface area contributed by atoms with Gasteiger partial charge in [-0.2, -0.15) is 0 Å². The normalized spacial score (nSPS) is 11.6. The highest BCUT2D eigenvalue weighted by molar-refractivity contribution is 5.98. The van der Waals surface area contributed by atoms with Crippen molar-refractivity contribution >= 4 is 23.3 Å². The molecule has 3 aromatic carbocycles. The number of benzene rings is 3. The zero-order valence-electron chi connectivity index (χ0n) is 20.9. The van der Waals surface area contributed by atoms with E-state index in [9.17, 15) is 19.5 Å². The van der Waals surface area contributed by atoms with Gasteiger partial charge in [0, 0.05) is 24.1 Å². The maximum absolute atomic E-state index is 12.8. The molecule has 0 fully saturated rings. The quantitative estimate of drug-likeness (QED) is 0.187. The van der Waals surface area contributed by atoms with Crippen molar-refractivity contribution in [1.29, 1.82) is 0 Å². The Morgan fingerprint density at radius 2 is 1.44 bits per heavy atom. The van der Waals surface area contributed by atoms with Crippen LogP contribution in [0.2, 0.25) is 0 Å². The van der Waals surface area contributed by atoms with E-state index >= 15 is 0 Å². The number of rotatable bonds is 14. The molecule has 36 heavy (non-hydrogen) atoms. The molecule has 0 heterocycles. The minimum Gasteiger partial charge on any atom is -0.481 e. The number of aryl methyl sites for hydroxylation is 1. The summed E-state index contributed by atoms with van der Waals surface area (Å²) in [6.07, 6.45) is 5.84. The van der Waals surface area contributed by atoms with Crippen LogP contribution in [0.15, 0.2) is 78.9 Å². The largest absolute Gasteiger partial charge is 0.481 e. The van der Waals surface area contributed by atoms with E-state index in [2.05, 4.69) is 12.2 Å². The van der Waals surface area contributed by atoms with Crippen LogP contribution in [0.25, 0.3) is 11.1 Å².